The number of fused-ring (bicyclic) bond motifs is 1. The highest BCUT2D eigenvalue weighted by molar-refractivity contribution is 7.53. The number of anilines is 1. The van der Waals surface area contributed by atoms with Crippen LogP contribution in [0.1, 0.15) is 32.4 Å². The van der Waals surface area contributed by atoms with Crippen LogP contribution in [0.3, 0.4) is 0 Å². The molecule has 0 aromatic carbocycles. The maximum Gasteiger partial charge on any atom is 0.359 e. The second kappa shape index (κ2) is 8.75. The Morgan fingerprint density at radius 3 is 2.66 bits per heavy atom. The van der Waals surface area contributed by atoms with Gasteiger partial charge in [-0.25, -0.2) is 4.68 Å². The molecule has 5 atom stereocenters. The molecule has 15 heteroatoms. The van der Waals surface area contributed by atoms with Crippen LogP contribution in [0.15, 0.2) is 6.20 Å². The molecule has 0 bridgehead atoms. The van der Waals surface area contributed by atoms with E-state index in [2.05, 4.69) is 20.4 Å². The van der Waals surface area contributed by atoms with E-state index in [0.717, 1.165) is 26.2 Å². The molecular formula is C17H25ClN5O8P. The molecule has 4 rings (SSSR count). The summed E-state index contributed by atoms with van der Waals surface area (Å²) < 4.78 is 23.8. The van der Waals surface area contributed by atoms with Gasteiger partial charge in [-0.05, 0) is 37.8 Å². The smallest absolute Gasteiger partial charge is 0.359 e. The highest BCUT2D eigenvalue weighted by Crippen LogP contribution is 2.51. The summed E-state index contributed by atoms with van der Waals surface area (Å²) in [5.74, 6) is 0.504. The number of halogens is 1. The number of aliphatic hydroxyl groups excluding tert-OH is 3. The van der Waals surface area contributed by atoms with Crippen molar-refractivity contribution in [1.29, 1.82) is 0 Å². The van der Waals surface area contributed by atoms with Crippen LogP contribution in [0.4, 0.5) is 5.82 Å². The monoisotopic (exact) mass is 493 g/mol. The Labute approximate surface area is 187 Å². The molecule has 1 saturated heterocycles. The van der Waals surface area contributed by atoms with Crippen LogP contribution < -0.4 is 5.32 Å². The highest BCUT2D eigenvalue weighted by atomic mass is 35.5. The summed E-state index contributed by atoms with van der Waals surface area (Å²) in [4.78, 5) is 27.2. The summed E-state index contributed by atoms with van der Waals surface area (Å²) in [5.41, 5.74) is 0.278. The van der Waals surface area contributed by atoms with Crippen molar-refractivity contribution in [2.45, 2.75) is 62.1 Å². The summed E-state index contributed by atoms with van der Waals surface area (Å²) in [6.45, 7) is -0.415. The third-order valence-corrected chi connectivity index (χ3v) is 7.59. The van der Waals surface area contributed by atoms with Gasteiger partial charge in [0.05, 0.1) is 24.8 Å². The predicted molar refractivity (Wildman–Crippen MR) is 111 cm³/mol. The molecule has 0 amide bonds. The number of nitrogens with zero attached hydrogens (tertiary/aromatic N) is 4. The lowest BCUT2D eigenvalue weighted by Crippen LogP contribution is -2.39. The van der Waals surface area contributed by atoms with Crippen LogP contribution in [0, 0.1) is 0 Å². The van der Waals surface area contributed by atoms with Crippen molar-refractivity contribution in [2.24, 2.45) is 0 Å². The lowest BCUT2D eigenvalue weighted by atomic mass is 9.93. The van der Waals surface area contributed by atoms with Gasteiger partial charge < -0.3 is 39.9 Å². The van der Waals surface area contributed by atoms with Crippen LogP contribution >= 0.6 is 19.2 Å². The highest BCUT2D eigenvalue weighted by Gasteiger charge is 2.48. The molecule has 2 aromatic rings. The zero-order valence-corrected chi connectivity index (χ0v) is 18.7. The minimum atomic E-state index is -4.82. The first kappa shape index (κ1) is 23.7. The summed E-state index contributed by atoms with van der Waals surface area (Å²) >= 11 is 6.08. The Hall–Kier alpha value is -1.41. The molecule has 32 heavy (non-hydrogen) atoms. The Kier molecular flexibility index (Phi) is 6.49. The summed E-state index contributed by atoms with van der Waals surface area (Å²) in [6.07, 6.45) is -0.586. The fraction of sp³-hybridized carbons (Fsp3) is 0.706. The molecule has 6 N–H and O–H groups in total. The van der Waals surface area contributed by atoms with Crippen molar-refractivity contribution >= 4 is 36.0 Å². The molecule has 1 aliphatic heterocycles. The van der Waals surface area contributed by atoms with Gasteiger partial charge >= 0.3 is 7.60 Å². The van der Waals surface area contributed by atoms with Crippen molar-refractivity contribution < 1.29 is 39.1 Å². The number of aromatic nitrogens is 4. The van der Waals surface area contributed by atoms with Crippen LogP contribution in [0.25, 0.3) is 11.0 Å². The maximum atomic E-state index is 11.6. The quantitative estimate of drug-likeness (QED) is 0.213. The SMILES string of the molecule is C[C@](CO)(OC[C@H]1O[C@@H](n2ncc3c(NC4CCC4)nc(Cl)nc32)[C@H](O)[C@@H]1O)P(=O)(O)O. The second-order valence-corrected chi connectivity index (χ2v) is 10.5. The molecule has 2 fully saturated rings. The van der Waals surface area contributed by atoms with E-state index >= 15 is 0 Å². The minimum Gasteiger partial charge on any atom is -0.393 e. The van der Waals surface area contributed by atoms with E-state index < -0.39 is 50.7 Å². The van der Waals surface area contributed by atoms with Crippen molar-refractivity contribution in [3.63, 3.8) is 0 Å². The van der Waals surface area contributed by atoms with Gasteiger partial charge in [0.25, 0.3) is 0 Å². The molecule has 1 aliphatic carbocycles. The summed E-state index contributed by atoms with van der Waals surface area (Å²) in [5, 5.41) is 36.2. The molecule has 3 heterocycles. The van der Waals surface area contributed by atoms with E-state index in [9.17, 15) is 29.7 Å². The molecule has 13 nitrogen and oxygen atoms in total. The normalized spacial score (nSPS) is 28.6. The first-order valence-corrected chi connectivity index (χ1v) is 12.0. The average Bonchev–Trinajstić information content (AvgIpc) is 3.23. The van der Waals surface area contributed by atoms with E-state index in [1.165, 1.54) is 10.9 Å². The van der Waals surface area contributed by atoms with Gasteiger partial charge in [-0.1, -0.05) is 0 Å². The molecular weight excluding hydrogens is 469 g/mol. The third-order valence-electron chi connectivity index (χ3n) is 5.92. The number of aliphatic hydroxyl groups is 3. The third kappa shape index (κ3) is 4.25. The fourth-order valence-electron chi connectivity index (χ4n) is 3.49. The van der Waals surface area contributed by atoms with Gasteiger partial charge in [-0.15, -0.1) is 0 Å². The lowest BCUT2D eigenvalue weighted by Gasteiger charge is -2.29. The predicted octanol–water partition coefficient (Wildman–Crippen LogP) is -0.0339. The van der Waals surface area contributed by atoms with Crippen molar-refractivity contribution in [2.75, 3.05) is 18.5 Å². The van der Waals surface area contributed by atoms with Crippen LogP contribution in [0.2, 0.25) is 5.28 Å². The van der Waals surface area contributed by atoms with Crippen molar-refractivity contribution in [3.05, 3.63) is 11.5 Å². The van der Waals surface area contributed by atoms with E-state index in [1.54, 1.807) is 0 Å². The van der Waals surface area contributed by atoms with Gasteiger partial charge in [-0.3, -0.25) is 4.57 Å². The van der Waals surface area contributed by atoms with Crippen LogP contribution in [-0.4, -0.2) is 87.8 Å². The largest absolute Gasteiger partial charge is 0.393 e. The second-order valence-electron chi connectivity index (χ2n) is 8.17. The average molecular weight is 494 g/mol. The van der Waals surface area contributed by atoms with Crippen molar-refractivity contribution in [1.82, 2.24) is 19.7 Å². The Bertz CT molecular complexity index is 1030. The standard InChI is InChI=1S/C17H25ClN5O8P/c1-17(7-24,32(27,28)29)30-6-10-11(25)12(26)15(31-10)23-14-9(5-19-23)13(21-16(18)22-14)20-8-3-2-4-8/h5,8,10-12,15,24-26H,2-4,6-7H2,1H3,(H,20,21,22)(H2,27,28,29)/t10-,11-,12-,15-,17+/m1/s1. The van der Waals surface area contributed by atoms with E-state index in [0.29, 0.717) is 11.2 Å². The molecule has 0 spiro atoms. The van der Waals surface area contributed by atoms with E-state index in [-0.39, 0.29) is 17.0 Å². The van der Waals surface area contributed by atoms with Crippen molar-refractivity contribution in [3.8, 4) is 0 Å². The molecule has 1 saturated carbocycles. The van der Waals surface area contributed by atoms with Gasteiger partial charge in [0, 0.05) is 6.04 Å². The Morgan fingerprint density at radius 2 is 2.06 bits per heavy atom. The van der Waals surface area contributed by atoms with Gasteiger partial charge in [-0.2, -0.15) is 15.1 Å². The number of hydrogen-bond acceptors (Lipinski definition) is 10. The Morgan fingerprint density at radius 1 is 1.34 bits per heavy atom. The number of nitrogens with one attached hydrogen (secondary N) is 1. The van der Waals surface area contributed by atoms with Gasteiger partial charge in [0.2, 0.25) is 5.28 Å². The summed E-state index contributed by atoms with van der Waals surface area (Å²) in [6, 6.07) is 0.277. The maximum absolute atomic E-state index is 11.6. The number of hydrogen-bond donors (Lipinski definition) is 6. The molecule has 178 valence electrons. The zero-order valence-electron chi connectivity index (χ0n) is 17.1. The zero-order chi connectivity index (χ0) is 23.3. The van der Waals surface area contributed by atoms with Crippen LogP contribution in [0.5, 0.6) is 0 Å². The molecule has 0 unspecified atom stereocenters. The first-order valence-electron chi connectivity index (χ1n) is 10.0. The minimum absolute atomic E-state index is 0.0330. The Balaban J connectivity index is 1.56. The summed E-state index contributed by atoms with van der Waals surface area (Å²) in [7, 11) is -4.82. The van der Waals surface area contributed by atoms with Gasteiger partial charge in [0.1, 0.15) is 24.1 Å². The number of rotatable bonds is 8. The lowest BCUT2D eigenvalue weighted by molar-refractivity contribution is -0.104. The molecule has 0 radical (unpaired) electrons. The van der Waals surface area contributed by atoms with Gasteiger partial charge in [0.15, 0.2) is 17.2 Å². The number of ether oxygens (including phenoxy) is 2. The van der Waals surface area contributed by atoms with E-state index in [4.69, 9.17) is 21.1 Å². The first-order chi connectivity index (χ1) is 15.0. The fourth-order valence-corrected chi connectivity index (χ4v) is 4.09. The topological polar surface area (TPSA) is 192 Å². The van der Waals surface area contributed by atoms with E-state index in [1.807, 2.05) is 0 Å². The van der Waals surface area contributed by atoms with Crippen LogP contribution in [-0.2, 0) is 14.0 Å². The molecule has 2 aromatic heterocycles. The molecule has 2 aliphatic rings.